The summed E-state index contributed by atoms with van der Waals surface area (Å²) < 4.78 is 1.27. The molecule has 0 amide bonds. The van der Waals surface area contributed by atoms with Gasteiger partial charge >= 0.3 is 0 Å². The average Bonchev–Trinajstić information content (AvgIpc) is 2.93. The van der Waals surface area contributed by atoms with Crippen molar-refractivity contribution in [2.45, 2.75) is 12.8 Å². The van der Waals surface area contributed by atoms with Crippen LogP contribution in [-0.2, 0) is 0 Å². The molecule has 106 valence electrons. The molecule has 0 spiro atoms. The Balaban J connectivity index is 1.70. The number of rotatable bonds is 2. The van der Waals surface area contributed by atoms with Crippen molar-refractivity contribution < 1.29 is 0 Å². The lowest BCUT2D eigenvalue weighted by Crippen LogP contribution is -2.19. The van der Waals surface area contributed by atoms with Gasteiger partial charge in [-0.05, 0) is 37.0 Å². The Hall–Kier alpha value is -0.970. The van der Waals surface area contributed by atoms with Crippen molar-refractivity contribution in [1.29, 1.82) is 0 Å². The number of hydrogen-bond donors (Lipinski definition) is 0. The van der Waals surface area contributed by atoms with Gasteiger partial charge in [-0.2, -0.15) is 0 Å². The predicted octanol–water partition coefficient (Wildman–Crippen LogP) is 5.05. The van der Waals surface area contributed by atoms with Crippen LogP contribution in [0.25, 0.3) is 15.8 Å². The molecule has 2 nitrogen and oxygen atoms in total. The summed E-state index contributed by atoms with van der Waals surface area (Å²) in [5, 5.41) is 3.23. The Kier molecular flexibility index (Phi) is 2.70. The normalized spacial score (nSPS) is 21.4. The van der Waals surface area contributed by atoms with E-state index in [2.05, 4.69) is 22.0 Å². The zero-order chi connectivity index (χ0) is 14.0. The van der Waals surface area contributed by atoms with Crippen molar-refractivity contribution in [3.63, 3.8) is 0 Å². The van der Waals surface area contributed by atoms with Crippen molar-refractivity contribution in [2.75, 3.05) is 13.1 Å². The molecule has 1 aliphatic carbocycles. The van der Waals surface area contributed by atoms with Gasteiger partial charge in [0.25, 0.3) is 0 Å². The number of thioether (sulfide) groups is 1. The van der Waals surface area contributed by atoms with Crippen molar-refractivity contribution >= 4 is 55.7 Å². The molecule has 1 aromatic heterocycles. The Morgan fingerprint density at radius 2 is 2.19 bits per heavy atom. The van der Waals surface area contributed by atoms with Gasteiger partial charge < -0.3 is 4.90 Å². The minimum Gasteiger partial charge on any atom is -0.317 e. The summed E-state index contributed by atoms with van der Waals surface area (Å²) in [6.45, 7) is 1.95. The van der Waals surface area contributed by atoms with Crippen LogP contribution in [0.1, 0.15) is 17.7 Å². The summed E-state index contributed by atoms with van der Waals surface area (Å²) in [5.74, 6) is 0.763. The van der Waals surface area contributed by atoms with Gasteiger partial charge in [0.1, 0.15) is 0 Å². The number of hydrogen-bond acceptors (Lipinski definition) is 4. The molecule has 3 aliphatic rings. The van der Waals surface area contributed by atoms with Crippen LogP contribution in [0.4, 0.5) is 0 Å². The van der Waals surface area contributed by atoms with Crippen LogP contribution in [0, 0.1) is 5.92 Å². The molecular formula is C16H13ClN2S2. The van der Waals surface area contributed by atoms with Gasteiger partial charge in [0.05, 0.1) is 17.1 Å². The molecule has 1 aromatic carbocycles. The first kappa shape index (κ1) is 12.6. The summed E-state index contributed by atoms with van der Waals surface area (Å²) in [7, 11) is 0. The largest absolute Gasteiger partial charge is 0.317 e. The molecule has 5 heteroatoms. The molecule has 21 heavy (non-hydrogen) atoms. The number of nitrogens with zero attached hydrogens (tertiary/aromatic N) is 2. The molecule has 0 bridgehead atoms. The van der Waals surface area contributed by atoms with E-state index in [-0.39, 0.29) is 0 Å². The van der Waals surface area contributed by atoms with E-state index in [1.165, 1.54) is 43.6 Å². The lowest BCUT2D eigenvalue weighted by atomic mass is 10.2. The summed E-state index contributed by atoms with van der Waals surface area (Å²) in [5.41, 5.74) is 1.41. The second kappa shape index (κ2) is 4.51. The molecule has 0 unspecified atom stereocenters. The molecule has 0 radical (unpaired) electrons. The van der Waals surface area contributed by atoms with Crippen molar-refractivity contribution in [2.24, 2.45) is 10.9 Å². The Labute approximate surface area is 136 Å². The first-order valence-electron chi connectivity index (χ1n) is 7.24. The monoisotopic (exact) mass is 332 g/mol. The number of amidine groups is 1. The topological polar surface area (TPSA) is 15.6 Å². The fourth-order valence-corrected chi connectivity index (χ4v) is 5.89. The van der Waals surface area contributed by atoms with Crippen LogP contribution in [0.15, 0.2) is 34.2 Å². The molecule has 0 N–H and O–H groups in total. The predicted molar refractivity (Wildman–Crippen MR) is 93.1 cm³/mol. The van der Waals surface area contributed by atoms with Crippen molar-refractivity contribution in [3.05, 3.63) is 39.1 Å². The van der Waals surface area contributed by atoms with Gasteiger partial charge in [-0.15, -0.1) is 11.3 Å². The Bertz CT molecular complexity index is 817. The minimum atomic E-state index is 0.763. The summed E-state index contributed by atoms with van der Waals surface area (Å²) in [4.78, 5) is 9.95. The first-order valence-corrected chi connectivity index (χ1v) is 9.25. The highest BCUT2D eigenvalue weighted by atomic mass is 35.5. The van der Waals surface area contributed by atoms with Crippen molar-refractivity contribution in [1.82, 2.24) is 4.90 Å². The maximum atomic E-state index is 6.35. The SMILES string of the molecule is Clc1cccc2sc(C3=C(C4CC4)SC4=NCCN43)cc12. The Morgan fingerprint density at radius 1 is 1.29 bits per heavy atom. The van der Waals surface area contributed by atoms with Gasteiger partial charge in [0, 0.05) is 26.6 Å². The van der Waals surface area contributed by atoms with E-state index >= 15 is 0 Å². The third-order valence-electron chi connectivity index (χ3n) is 4.20. The van der Waals surface area contributed by atoms with Gasteiger partial charge in [0.15, 0.2) is 5.17 Å². The standard InChI is InChI=1S/C16H13ClN2S2/c17-11-2-1-3-12-10(11)8-13(20-12)14-15(9-4-5-9)21-16-18-6-7-19(14)16/h1-3,8-9H,4-7H2. The maximum Gasteiger partial charge on any atom is 0.168 e. The second-order valence-electron chi connectivity index (χ2n) is 5.67. The maximum absolute atomic E-state index is 6.35. The lowest BCUT2D eigenvalue weighted by molar-refractivity contribution is 0.647. The van der Waals surface area contributed by atoms with Crippen molar-refractivity contribution in [3.8, 4) is 0 Å². The fraction of sp³-hybridized carbons (Fsp3) is 0.312. The Morgan fingerprint density at radius 3 is 3.00 bits per heavy atom. The van der Waals surface area contributed by atoms with Gasteiger partial charge in [-0.1, -0.05) is 29.4 Å². The number of aliphatic imine (C=N–C) groups is 1. The van der Waals surface area contributed by atoms with Gasteiger partial charge in [-0.25, -0.2) is 0 Å². The van der Waals surface area contributed by atoms with E-state index < -0.39 is 0 Å². The van der Waals surface area contributed by atoms with Crippen LogP contribution < -0.4 is 0 Å². The highest BCUT2D eigenvalue weighted by Gasteiger charge is 2.40. The van der Waals surface area contributed by atoms with E-state index in [0.717, 1.165) is 24.0 Å². The van der Waals surface area contributed by atoms with Crippen LogP contribution in [0.5, 0.6) is 0 Å². The third kappa shape index (κ3) is 1.89. The number of halogens is 1. The molecule has 2 aliphatic heterocycles. The first-order chi connectivity index (χ1) is 10.3. The lowest BCUT2D eigenvalue weighted by Gasteiger charge is -2.15. The van der Waals surface area contributed by atoms with E-state index in [0.29, 0.717) is 0 Å². The highest BCUT2D eigenvalue weighted by Crippen LogP contribution is 2.53. The van der Waals surface area contributed by atoms with E-state index in [1.807, 2.05) is 35.2 Å². The fourth-order valence-electron chi connectivity index (χ4n) is 3.02. The zero-order valence-corrected chi connectivity index (χ0v) is 13.7. The third-order valence-corrected chi connectivity index (χ3v) is 6.91. The van der Waals surface area contributed by atoms with E-state index in [4.69, 9.17) is 11.6 Å². The van der Waals surface area contributed by atoms with E-state index in [9.17, 15) is 0 Å². The number of fused-ring (bicyclic) bond motifs is 2. The quantitative estimate of drug-likeness (QED) is 0.764. The summed E-state index contributed by atoms with van der Waals surface area (Å²) in [6, 6.07) is 8.44. The van der Waals surface area contributed by atoms with Crippen LogP contribution in [0.2, 0.25) is 5.02 Å². The molecule has 1 saturated carbocycles. The zero-order valence-electron chi connectivity index (χ0n) is 11.3. The van der Waals surface area contributed by atoms with Gasteiger partial charge in [-0.3, -0.25) is 4.99 Å². The van der Waals surface area contributed by atoms with Crippen LogP contribution >= 0.6 is 34.7 Å². The smallest absolute Gasteiger partial charge is 0.168 e. The number of allylic oxidation sites excluding steroid dienone is 1. The van der Waals surface area contributed by atoms with Gasteiger partial charge in [0.2, 0.25) is 0 Å². The minimum absolute atomic E-state index is 0.763. The molecule has 5 rings (SSSR count). The summed E-state index contributed by atoms with van der Waals surface area (Å²) in [6.07, 6.45) is 2.66. The second-order valence-corrected chi connectivity index (χ2v) is 8.17. The van der Waals surface area contributed by atoms with Crippen LogP contribution in [-0.4, -0.2) is 23.2 Å². The molecule has 2 aromatic rings. The summed E-state index contributed by atoms with van der Waals surface area (Å²) >= 11 is 10.1. The number of benzene rings is 1. The molecule has 0 atom stereocenters. The van der Waals surface area contributed by atoms with E-state index in [1.54, 1.807) is 0 Å². The number of thiophene rings is 1. The highest BCUT2D eigenvalue weighted by molar-refractivity contribution is 8.17. The average molecular weight is 333 g/mol. The molecule has 0 saturated heterocycles. The molecule has 3 heterocycles. The van der Waals surface area contributed by atoms with Crippen LogP contribution in [0.3, 0.4) is 0 Å². The molecular weight excluding hydrogens is 320 g/mol. The molecule has 1 fully saturated rings.